The summed E-state index contributed by atoms with van der Waals surface area (Å²) in [4.78, 5) is 3.31. The number of fused-ring (bicyclic) bond motifs is 3. The molecule has 0 bridgehead atoms. The summed E-state index contributed by atoms with van der Waals surface area (Å²) in [7, 11) is 0. The zero-order valence-electron chi connectivity index (χ0n) is 8.02. The lowest BCUT2D eigenvalue weighted by Gasteiger charge is -1.97. The van der Waals surface area contributed by atoms with E-state index in [1.807, 2.05) is 30.3 Å². The maximum absolute atomic E-state index is 6.20. The lowest BCUT2D eigenvalue weighted by molar-refractivity contribution is 1.53. The van der Waals surface area contributed by atoms with Gasteiger partial charge in [-0.2, -0.15) is 0 Å². The second-order valence-corrected chi connectivity index (χ2v) is 5.18. The van der Waals surface area contributed by atoms with E-state index in [0.717, 1.165) is 31.3 Å². The van der Waals surface area contributed by atoms with E-state index in [0.29, 0.717) is 5.02 Å². The fourth-order valence-electron chi connectivity index (χ4n) is 1.92. The third kappa shape index (κ3) is 1.37. The van der Waals surface area contributed by atoms with Crippen molar-refractivity contribution in [1.82, 2.24) is 4.98 Å². The highest BCUT2D eigenvalue weighted by Crippen LogP contribution is 2.37. The van der Waals surface area contributed by atoms with Crippen LogP contribution in [0.25, 0.3) is 21.8 Å². The predicted molar refractivity (Wildman–Crippen MR) is 73.5 cm³/mol. The van der Waals surface area contributed by atoms with Crippen molar-refractivity contribution in [3.63, 3.8) is 0 Å². The van der Waals surface area contributed by atoms with Crippen LogP contribution in [-0.4, -0.2) is 4.98 Å². The van der Waals surface area contributed by atoms with Gasteiger partial charge in [0.05, 0.1) is 20.0 Å². The second-order valence-electron chi connectivity index (χ2n) is 3.57. The van der Waals surface area contributed by atoms with Gasteiger partial charge in [-0.15, -0.1) is 0 Å². The molecule has 0 aliphatic rings. The Morgan fingerprint density at radius 2 is 1.81 bits per heavy atom. The largest absolute Gasteiger partial charge is 0.353 e. The van der Waals surface area contributed by atoms with Crippen LogP contribution in [0.2, 0.25) is 10.0 Å². The molecule has 0 saturated heterocycles. The zero-order valence-corrected chi connectivity index (χ0v) is 11.1. The third-order valence-electron chi connectivity index (χ3n) is 2.64. The van der Waals surface area contributed by atoms with Crippen LogP contribution in [0.15, 0.2) is 34.8 Å². The number of rotatable bonds is 0. The molecule has 0 fully saturated rings. The summed E-state index contributed by atoms with van der Waals surface area (Å²) in [5.74, 6) is 0. The summed E-state index contributed by atoms with van der Waals surface area (Å²) in [6.45, 7) is 0. The normalized spacial score (nSPS) is 11.4. The van der Waals surface area contributed by atoms with Gasteiger partial charge in [0, 0.05) is 16.3 Å². The standard InChI is InChI=1S/C12H6BrCl2N/c13-11-8(15)5-4-6-10-7(14)2-1-3-9(10)16-12(6)11/h1-5,16H. The topological polar surface area (TPSA) is 15.8 Å². The van der Waals surface area contributed by atoms with Crippen LogP contribution in [0.5, 0.6) is 0 Å². The number of halogens is 3. The highest BCUT2D eigenvalue weighted by molar-refractivity contribution is 9.10. The Hall–Kier alpha value is -0.700. The van der Waals surface area contributed by atoms with Crippen LogP contribution in [0.4, 0.5) is 0 Å². The molecular formula is C12H6BrCl2N. The Balaban J connectivity index is 2.62. The van der Waals surface area contributed by atoms with Crippen LogP contribution >= 0.6 is 39.1 Å². The van der Waals surface area contributed by atoms with E-state index in [-0.39, 0.29) is 0 Å². The SMILES string of the molecule is Clc1ccc2c([nH]c3cccc(Cl)c32)c1Br. The first-order valence-corrected chi connectivity index (χ1v) is 6.27. The van der Waals surface area contributed by atoms with Gasteiger partial charge in [0.25, 0.3) is 0 Å². The van der Waals surface area contributed by atoms with Gasteiger partial charge < -0.3 is 4.98 Å². The van der Waals surface area contributed by atoms with Gasteiger partial charge in [-0.25, -0.2) is 0 Å². The molecule has 0 aliphatic heterocycles. The van der Waals surface area contributed by atoms with Crippen LogP contribution in [-0.2, 0) is 0 Å². The summed E-state index contributed by atoms with van der Waals surface area (Å²) in [6, 6.07) is 9.66. The van der Waals surface area contributed by atoms with Crippen molar-refractivity contribution in [2.75, 3.05) is 0 Å². The molecule has 1 N–H and O–H groups in total. The number of hydrogen-bond donors (Lipinski definition) is 1. The first kappa shape index (κ1) is 10.5. The molecule has 0 unspecified atom stereocenters. The summed E-state index contributed by atoms with van der Waals surface area (Å²) in [6.07, 6.45) is 0. The lowest BCUT2D eigenvalue weighted by atomic mass is 10.1. The van der Waals surface area contributed by atoms with Crippen LogP contribution < -0.4 is 0 Å². The fraction of sp³-hybridized carbons (Fsp3) is 0. The quantitative estimate of drug-likeness (QED) is 0.572. The van der Waals surface area contributed by atoms with Gasteiger partial charge in [-0.3, -0.25) is 0 Å². The molecule has 80 valence electrons. The van der Waals surface area contributed by atoms with Crippen molar-refractivity contribution < 1.29 is 0 Å². The third-order valence-corrected chi connectivity index (χ3v) is 4.32. The molecule has 4 heteroatoms. The second kappa shape index (κ2) is 3.66. The Morgan fingerprint density at radius 3 is 2.62 bits per heavy atom. The van der Waals surface area contributed by atoms with E-state index >= 15 is 0 Å². The Bertz CT molecular complexity index is 703. The number of hydrogen-bond acceptors (Lipinski definition) is 0. The van der Waals surface area contributed by atoms with Crippen LogP contribution in [0.3, 0.4) is 0 Å². The molecule has 0 spiro atoms. The van der Waals surface area contributed by atoms with Crippen molar-refractivity contribution in [3.8, 4) is 0 Å². The number of benzene rings is 2. The molecule has 2 aromatic carbocycles. The molecule has 1 aromatic heterocycles. The lowest BCUT2D eigenvalue weighted by Crippen LogP contribution is -1.72. The first-order valence-electron chi connectivity index (χ1n) is 4.72. The number of aromatic amines is 1. The maximum atomic E-state index is 6.20. The summed E-state index contributed by atoms with van der Waals surface area (Å²) in [5, 5.41) is 3.56. The summed E-state index contributed by atoms with van der Waals surface area (Å²) < 4.78 is 0.874. The molecule has 0 saturated carbocycles. The molecule has 1 nitrogen and oxygen atoms in total. The van der Waals surface area contributed by atoms with Gasteiger partial charge in [0.15, 0.2) is 0 Å². The van der Waals surface area contributed by atoms with Crippen molar-refractivity contribution in [3.05, 3.63) is 44.8 Å². The van der Waals surface area contributed by atoms with Gasteiger partial charge in [-0.1, -0.05) is 35.3 Å². The molecule has 1 heterocycles. The van der Waals surface area contributed by atoms with E-state index in [9.17, 15) is 0 Å². The molecule has 16 heavy (non-hydrogen) atoms. The van der Waals surface area contributed by atoms with Gasteiger partial charge in [-0.05, 0) is 34.1 Å². The first-order chi connectivity index (χ1) is 7.68. The molecule has 0 radical (unpaired) electrons. The van der Waals surface area contributed by atoms with Crippen LogP contribution in [0.1, 0.15) is 0 Å². The van der Waals surface area contributed by atoms with Crippen molar-refractivity contribution >= 4 is 60.9 Å². The predicted octanol–water partition coefficient (Wildman–Crippen LogP) is 5.39. The minimum absolute atomic E-state index is 0.690. The molecule has 3 aromatic rings. The molecule has 3 rings (SSSR count). The minimum Gasteiger partial charge on any atom is -0.353 e. The van der Waals surface area contributed by atoms with Gasteiger partial charge in [0.1, 0.15) is 0 Å². The van der Waals surface area contributed by atoms with E-state index in [1.54, 1.807) is 0 Å². The van der Waals surface area contributed by atoms with E-state index in [1.165, 1.54) is 0 Å². The zero-order chi connectivity index (χ0) is 11.3. The summed E-state index contributed by atoms with van der Waals surface area (Å²) >= 11 is 15.7. The van der Waals surface area contributed by atoms with E-state index < -0.39 is 0 Å². The van der Waals surface area contributed by atoms with Crippen LogP contribution in [0, 0.1) is 0 Å². The molecule has 0 atom stereocenters. The monoisotopic (exact) mass is 313 g/mol. The smallest absolute Gasteiger partial charge is 0.0625 e. The van der Waals surface area contributed by atoms with Crippen molar-refractivity contribution in [2.45, 2.75) is 0 Å². The fourth-order valence-corrected chi connectivity index (χ4v) is 2.80. The van der Waals surface area contributed by atoms with E-state index in [4.69, 9.17) is 23.2 Å². The average Bonchev–Trinajstić information content (AvgIpc) is 2.64. The average molecular weight is 315 g/mol. The molecular weight excluding hydrogens is 309 g/mol. The van der Waals surface area contributed by atoms with Gasteiger partial charge >= 0.3 is 0 Å². The number of nitrogens with one attached hydrogen (secondary N) is 1. The highest BCUT2D eigenvalue weighted by Gasteiger charge is 2.11. The highest BCUT2D eigenvalue weighted by atomic mass is 79.9. The van der Waals surface area contributed by atoms with Gasteiger partial charge in [0.2, 0.25) is 0 Å². The minimum atomic E-state index is 0.690. The molecule has 0 amide bonds. The van der Waals surface area contributed by atoms with Crippen molar-refractivity contribution in [2.24, 2.45) is 0 Å². The number of H-pyrrole nitrogens is 1. The Kier molecular flexibility index (Phi) is 2.39. The van der Waals surface area contributed by atoms with E-state index in [2.05, 4.69) is 20.9 Å². The number of aromatic nitrogens is 1. The Morgan fingerprint density at radius 1 is 1.00 bits per heavy atom. The Labute approximate surface area is 110 Å². The summed E-state index contributed by atoms with van der Waals surface area (Å²) in [5.41, 5.74) is 2.00. The van der Waals surface area contributed by atoms with Crippen molar-refractivity contribution in [1.29, 1.82) is 0 Å². The molecule has 0 aliphatic carbocycles. The maximum Gasteiger partial charge on any atom is 0.0625 e.